The van der Waals surface area contributed by atoms with E-state index < -0.39 is 34.3 Å². The standard InChI is InChI=1S/C26H22F2N2O3/c1-14-7-9-16(10-8-14)22(29-15(2)17-11-12-19(27)20(28)13-17)18-5-3-4-6-21(18)30-23-24(31)26(33)25(23)32/h3-13,15,22,29-31H,1-2H3/t15-,22?/m1/s1. The van der Waals surface area contributed by atoms with Gasteiger partial charge in [0.25, 0.3) is 10.9 Å². The fraction of sp³-hybridized carbons (Fsp3) is 0.154. The van der Waals surface area contributed by atoms with Crippen LogP contribution in [-0.2, 0) is 0 Å². The van der Waals surface area contributed by atoms with Gasteiger partial charge >= 0.3 is 0 Å². The van der Waals surface area contributed by atoms with Crippen molar-refractivity contribution in [2.75, 3.05) is 5.32 Å². The molecule has 0 spiro atoms. The Morgan fingerprint density at radius 1 is 0.848 bits per heavy atom. The highest BCUT2D eigenvalue weighted by atomic mass is 19.2. The molecule has 0 bridgehead atoms. The Labute approximate surface area is 189 Å². The lowest BCUT2D eigenvalue weighted by Gasteiger charge is -2.27. The van der Waals surface area contributed by atoms with Gasteiger partial charge in [0, 0.05) is 11.7 Å². The summed E-state index contributed by atoms with van der Waals surface area (Å²) in [5.74, 6) is -2.43. The summed E-state index contributed by atoms with van der Waals surface area (Å²) < 4.78 is 27.2. The lowest BCUT2D eigenvalue weighted by Crippen LogP contribution is -2.33. The van der Waals surface area contributed by atoms with Gasteiger partial charge in [-0.2, -0.15) is 0 Å². The highest BCUT2D eigenvalue weighted by Crippen LogP contribution is 2.33. The van der Waals surface area contributed by atoms with Crippen LogP contribution in [0.5, 0.6) is 5.75 Å². The van der Waals surface area contributed by atoms with Gasteiger partial charge in [-0.3, -0.25) is 14.9 Å². The van der Waals surface area contributed by atoms with Crippen molar-refractivity contribution in [1.29, 1.82) is 0 Å². The van der Waals surface area contributed by atoms with Gasteiger partial charge in [0.05, 0.1) is 6.04 Å². The molecule has 168 valence electrons. The van der Waals surface area contributed by atoms with Crippen LogP contribution in [0.3, 0.4) is 0 Å². The molecule has 0 heterocycles. The number of rotatable bonds is 7. The van der Waals surface area contributed by atoms with Gasteiger partial charge in [0.15, 0.2) is 17.4 Å². The van der Waals surface area contributed by atoms with Gasteiger partial charge in [-0.1, -0.05) is 54.1 Å². The van der Waals surface area contributed by atoms with Gasteiger partial charge < -0.3 is 10.4 Å². The van der Waals surface area contributed by atoms with Crippen LogP contribution < -0.4 is 21.5 Å². The van der Waals surface area contributed by atoms with Crippen LogP contribution in [0.4, 0.5) is 20.2 Å². The molecule has 7 heteroatoms. The van der Waals surface area contributed by atoms with Gasteiger partial charge in [-0.25, -0.2) is 8.78 Å². The van der Waals surface area contributed by atoms with E-state index in [0.29, 0.717) is 11.3 Å². The number of nitrogens with one attached hydrogen (secondary N) is 2. The fourth-order valence-electron chi connectivity index (χ4n) is 3.75. The summed E-state index contributed by atoms with van der Waals surface area (Å²) >= 11 is 0. The molecular formula is C26H22F2N2O3. The third-order valence-corrected chi connectivity index (χ3v) is 5.69. The SMILES string of the molecule is Cc1ccc(C(N[C@H](C)c2ccc(F)c(F)c2)c2ccccc2Nc2c(O)c(=O)c2=O)cc1. The number of anilines is 2. The molecule has 5 nitrogen and oxygen atoms in total. The molecule has 0 fully saturated rings. The van der Waals surface area contributed by atoms with E-state index in [-0.39, 0.29) is 11.7 Å². The normalized spacial score (nSPS) is 13.1. The predicted molar refractivity (Wildman–Crippen MR) is 124 cm³/mol. The zero-order chi connectivity index (χ0) is 23.7. The lowest BCUT2D eigenvalue weighted by atomic mass is 9.94. The first-order valence-corrected chi connectivity index (χ1v) is 10.4. The van der Waals surface area contributed by atoms with E-state index in [1.165, 1.54) is 6.07 Å². The Morgan fingerprint density at radius 2 is 1.52 bits per heavy atom. The van der Waals surface area contributed by atoms with Crippen molar-refractivity contribution in [3.8, 4) is 5.75 Å². The molecule has 4 aromatic rings. The second-order valence-electron chi connectivity index (χ2n) is 8.00. The number of hydrogen-bond acceptors (Lipinski definition) is 5. The molecule has 0 amide bonds. The van der Waals surface area contributed by atoms with Crippen molar-refractivity contribution in [3.63, 3.8) is 0 Å². The lowest BCUT2D eigenvalue weighted by molar-refractivity contribution is 0.466. The van der Waals surface area contributed by atoms with Gasteiger partial charge in [0.1, 0.15) is 5.69 Å². The number of benzene rings is 3. The van der Waals surface area contributed by atoms with E-state index in [4.69, 9.17) is 0 Å². The first-order valence-electron chi connectivity index (χ1n) is 10.4. The zero-order valence-corrected chi connectivity index (χ0v) is 18.0. The molecule has 0 aliphatic carbocycles. The van der Waals surface area contributed by atoms with Gasteiger partial charge in [-0.15, -0.1) is 0 Å². The molecule has 4 rings (SSSR count). The van der Waals surface area contributed by atoms with Crippen molar-refractivity contribution >= 4 is 11.4 Å². The van der Waals surface area contributed by atoms with E-state index in [1.807, 2.05) is 50.2 Å². The molecule has 2 atom stereocenters. The quantitative estimate of drug-likeness (QED) is 0.356. The number of aryl methyl sites for hydroxylation is 1. The smallest absolute Gasteiger partial charge is 0.271 e. The summed E-state index contributed by atoms with van der Waals surface area (Å²) in [7, 11) is 0. The van der Waals surface area contributed by atoms with Crippen molar-refractivity contribution in [2.45, 2.75) is 25.9 Å². The highest BCUT2D eigenvalue weighted by molar-refractivity contribution is 5.72. The predicted octanol–water partition coefficient (Wildman–Crippen LogP) is 4.76. The first kappa shape index (κ1) is 22.4. The maximum Gasteiger partial charge on any atom is 0.271 e. The Balaban J connectivity index is 1.74. The fourth-order valence-corrected chi connectivity index (χ4v) is 3.75. The molecule has 0 saturated carbocycles. The van der Waals surface area contributed by atoms with Crippen molar-refractivity contribution in [3.05, 3.63) is 121 Å². The number of aromatic hydroxyl groups is 1. The molecule has 3 N–H and O–H groups in total. The molecule has 0 aliphatic rings. The van der Waals surface area contributed by atoms with Crippen molar-refractivity contribution < 1.29 is 13.9 Å². The molecule has 0 saturated heterocycles. The van der Waals surface area contributed by atoms with Crippen LogP contribution in [0.1, 0.15) is 41.3 Å². The largest absolute Gasteiger partial charge is 0.502 e. The molecule has 4 aromatic carbocycles. The van der Waals surface area contributed by atoms with Crippen LogP contribution >= 0.6 is 0 Å². The molecule has 0 radical (unpaired) electrons. The summed E-state index contributed by atoms with van der Waals surface area (Å²) in [6, 6.07) is 18.0. The van der Waals surface area contributed by atoms with Crippen LogP contribution in [0, 0.1) is 18.6 Å². The molecule has 0 aliphatic heterocycles. The Hall–Kier alpha value is -3.84. The third-order valence-electron chi connectivity index (χ3n) is 5.69. The highest BCUT2D eigenvalue weighted by Gasteiger charge is 2.24. The van der Waals surface area contributed by atoms with Crippen LogP contribution in [0.15, 0.2) is 76.3 Å². The summed E-state index contributed by atoms with van der Waals surface area (Å²) in [6.07, 6.45) is 0. The summed E-state index contributed by atoms with van der Waals surface area (Å²) in [5, 5.41) is 16.1. The Morgan fingerprint density at radius 3 is 2.18 bits per heavy atom. The van der Waals surface area contributed by atoms with Gasteiger partial charge in [-0.05, 0) is 48.7 Å². The summed E-state index contributed by atoms with van der Waals surface area (Å²) in [5.41, 5.74) is 1.95. The van der Waals surface area contributed by atoms with E-state index in [2.05, 4.69) is 10.6 Å². The van der Waals surface area contributed by atoms with E-state index in [9.17, 15) is 23.5 Å². The monoisotopic (exact) mass is 448 g/mol. The van der Waals surface area contributed by atoms with Crippen molar-refractivity contribution in [1.82, 2.24) is 5.32 Å². The number of para-hydroxylation sites is 1. The van der Waals surface area contributed by atoms with Crippen LogP contribution in [0.25, 0.3) is 0 Å². The average molecular weight is 448 g/mol. The molecule has 33 heavy (non-hydrogen) atoms. The second-order valence-corrected chi connectivity index (χ2v) is 8.00. The topological polar surface area (TPSA) is 78.4 Å². The molecule has 1 unspecified atom stereocenters. The van der Waals surface area contributed by atoms with Gasteiger partial charge in [0.2, 0.25) is 0 Å². The second kappa shape index (κ2) is 8.96. The van der Waals surface area contributed by atoms with Crippen molar-refractivity contribution in [2.24, 2.45) is 0 Å². The minimum atomic E-state index is -0.925. The average Bonchev–Trinajstić information content (AvgIpc) is 2.83. The minimum absolute atomic E-state index is 0.149. The molecule has 0 aromatic heterocycles. The Kier molecular flexibility index (Phi) is 6.07. The summed E-state index contributed by atoms with van der Waals surface area (Å²) in [6.45, 7) is 3.81. The van der Waals surface area contributed by atoms with E-state index in [1.54, 1.807) is 12.1 Å². The molecular weight excluding hydrogens is 426 g/mol. The summed E-state index contributed by atoms with van der Waals surface area (Å²) in [4.78, 5) is 23.3. The van der Waals surface area contributed by atoms with Crippen LogP contribution in [-0.4, -0.2) is 5.11 Å². The van der Waals surface area contributed by atoms with E-state index >= 15 is 0 Å². The Bertz CT molecular complexity index is 1380. The van der Waals surface area contributed by atoms with Crippen LogP contribution in [0.2, 0.25) is 0 Å². The van der Waals surface area contributed by atoms with E-state index in [0.717, 1.165) is 28.8 Å². The maximum atomic E-state index is 13.8. The zero-order valence-electron chi connectivity index (χ0n) is 18.0. The third kappa shape index (κ3) is 4.40. The number of hydrogen-bond donors (Lipinski definition) is 3. The maximum absolute atomic E-state index is 13.8. The number of halogens is 2. The minimum Gasteiger partial charge on any atom is -0.502 e. The first-order chi connectivity index (χ1) is 15.8.